The van der Waals surface area contributed by atoms with Crippen LogP contribution in [0.25, 0.3) is 0 Å². The number of carbonyl (C=O) groups is 2. The first-order valence-corrected chi connectivity index (χ1v) is 14.0. The highest BCUT2D eigenvalue weighted by Crippen LogP contribution is 2.50. The molecule has 0 saturated heterocycles. The molecule has 36 heavy (non-hydrogen) atoms. The van der Waals surface area contributed by atoms with Crippen LogP contribution in [0.15, 0.2) is 24.3 Å². The van der Waals surface area contributed by atoms with Crippen LogP contribution in [0.3, 0.4) is 0 Å². The quantitative estimate of drug-likeness (QED) is 0.522. The van der Waals surface area contributed by atoms with Crippen molar-refractivity contribution in [1.29, 1.82) is 5.26 Å². The summed E-state index contributed by atoms with van der Waals surface area (Å²) in [5.74, 6) is -0.915. The van der Waals surface area contributed by atoms with Crippen molar-refractivity contribution in [3.63, 3.8) is 0 Å². The van der Waals surface area contributed by atoms with Crippen molar-refractivity contribution in [3.05, 3.63) is 52.3 Å². The summed E-state index contributed by atoms with van der Waals surface area (Å²) in [5, 5.41) is 12.9. The first-order chi connectivity index (χ1) is 17.2. The van der Waals surface area contributed by atoms with E-state index in [-0.39, 0.29) is 30.0 Å². The molecule has 10 heteroatoms. The van der Waals surface area contributed by atoms with Gasteiger partial charge >= 0.3 is 5.97 Å². The number of sulfone groups is 1. The van der Waals surface area contributed by atoms with E-state index < -0.39 is 20.6 Å². The third-order valence-electron chi connectivity index (χ3n) is 6.77. The highest BCUT2D eigenvalue weighted by atomic mass is 32.2. The fourth-order valence-corrected chi connectivity index (χ4v) is 7.00. The zero-order valence-electron chi connectivity index (χ0n) is 21.0. The second-order valence-corrected chi connectivity index (χ2v) is 12.4. The lowest BCUT2D eigenvalue weighted by molar-refractivity contribution is 0.0463. The number of carbonyl (C=O) groups excluding carboxylic acids is 2. The van der Waals surface area contributed by atoms with Crippen LogP contribution in [0.4, 0.5) is 0 Å². The minimum Gasteiger partial charge on any atom is -0.456 e. The Morgan fingerprint density at radius 3 is 2.42 bits per heavy atom. The maximum Gasteiger partial charge on any atom is 0.359 e. The molecule has 192 valence electrons. The SMILES string of the molecule is CCC.Cn1nc(C(=O)OCc2ccc(C#N)cc2)c2c1C(=O)N(CC1(S(=O)(=O)C3CC3)CC1)CC2. The Kier molecular flexibility index (Phi) is 7.23. The van der Waals surface area contributed by atoms with Crippen LogP contribution in [-0.4, -0.2) is 58.1 Å². The van der Waals surface area contributed by atoms with Crippen LogP contribution in [0.1, 0.15) is 83.6 Å². The molecule has 2 aromatic rings. The number of fused-ring (bicyclic) bond motifs is 1. The standard InChI is InChI=1S/C23H24N4O5S.C3H8/c1-26-20-18(19(25-26)22(29)32-13-16-4-2-15(12-24)3-5-16)8-11-27(21(20)28)14-23(9-10-23)33(30,31)17-6-7-17;1-3-2/h2-5,17H,6-11,13-14H2,1H3;3H2,1-2H3. The molecule has 2 heterocycles. The molecule has 0 bridgehead atoms. The van der Waals surface area contributed by atoms with Gasteiger partial charge in [0.1, 0.15) is 12.3 Å². The van der Waals surface area contributed by atoms with Crippen molar-refractivity contribution in [2.45, 2.75) is 69.0 Å². The lowest BCUT2D eigenvalue weighted by atomic mass is 10.0. The fraction of sp³-hybridized carbons (Fsp3) is 0.538. The molecule has 0 radical (unpaired) electrons. The number of amides is 1. The summed E-state index contributed by atoms with van der Waals surface area (Å²) in [5.41, 5.74) is 2.22. The van der Waals surface area contributed by atoms with Crippen LogP contribution < -0.4 is 0 Å². The number of benzene rings is 1. The van der Waals surface area contributed by atoms with Crippen LogP contribution >= 0.6 is 0 Å². The van der Waals surface area contributed by atoms with Gasteiger partial charge in [0.25, 0.3) is 5.91 Å². The minimum atomic E-state index is -3.22. The van der Waals surface area contributed by atoms with Crippen LogP contribution in [0.2, 0.25) is 0 Å². The van der Waals surface area contributed by atoms with Gasteiger partial charge in [-0.3, -0.25) is 9.48 Å². The zero-order chi connectivity index (χ0) is 26.1. The number of hydrogen-bond acceptors (Lipinski definition) is 7. The van der Waals surface area contributed by atoms with Gasteiger partial charge in [0.15, 0.2) is 15.5 Å². The van der Waals surface area contributed by atoms with E-state index in [1.54, 1.807) is 36.2 Å². The second-order valence-electron chi connectivity index (χ2n) is 9.80. The molecular weight excluding hydrogens is 480 g/mol. The summed E-state index contributed by atoms with van der Waals surface area (Å²) in [6.45, 7) is 4.82. The molecule has 0 unspecified atom stereocenters. The maximum absolute atomic E-state index is 13.2. The van der Waals surface area contributed by atoms with Gasteiger partial charge in [-0.25, -0.2) is 13.2 Å². The Morgan fingerprint density at radius 1 is 1.22 bits per heavy atom. The normalized spacial score (nSPS) is 17.9. The predicted molar refractivity (Wildman–Crippen MR) is 133 cm³/mol. The molecule has 2 aliphatic carbocycles. The number of esters is 1. The van der Waals surface area contributed by atoms with E-state index in [1.807, 2.05) is 6.07 Å². The summed E-state index contributed by atoms with van der Waals surface area (Å²) >= 11 is 0. The van der Waals surface area contributed by atoms with Gasteiger partial charge in [-0.05, 0) is 49.8 Å². The lowest BCUT2D eigenvalue weighted by Gasteiger charge is -2.31. The summed E-state index contributed by atoms with van der Waals surface area (Å²) in [7, 11) is -1.62. The number of hydrogen-bond donors (Lipinski definition) is 0. The van der Waals surface area contributed by atoms with Crippen LogP contribution in [0, 0.1) is 11.3 Å². The smallest absolute Gasteiger partial charge is 0.359 e. The van der Waals surface area contributed by atoms with E-state index in [4.69, 9.17) is 10.00 Å². The van der Waals surface area contributed by atoms with E-state index >= 15 is 0 Å². The molecule has 0 atom stereocenters. The Bertz CT molecular complexity index is 1300. The number of rotatable bonds is 7. The molecule has 1 aliphatic heterocycles. The molecule has 1 amide bonds. The van der Waals surface area contributed by atoms with E-state index in [9.17, 15) is 18.0 Å². The van der Waals surface area contributed by atoms with Crippen molar-refractivity contribution in [1.82, 2.24) is 14.7 Å². The molecule has 2 saturated carbocycles. The number of aromatic nitrogens is 2. The zero-order valence-corrected chi connectivity index (χ0v) is 21.8. The highest BCUT2D eigenvalue weighted by Gasteiger charge is 2.60. The molecule has 0 N–H and O–H groups in total. The van der Waals surface area contributed by atoms with Gasteiger partial charge in [-0.15, -0.1) is 0 Å². The van der Waals surface area contributed by atoms with Gasteiger partial charge in [0.05, 0.1) is 21.6 Å². The van der Waals surface area contributed by atoms with E-state index in [0.29, 0.717) is 42.6 Å². The minimum absolute atomic E-state index is 0.0253. The number of nitrogens with zero attached hydrogens (tertiary/aromatic N) is 4. The summed E-state index contributed by atoms with van der Waals surface area (Å²) in [6, 6.07) is 8.76. The average Bonchev–Trinajstić information content (AvgIpc) is 3.78. The molecule has 9 nitrogen and oxygen atoms in total. The number of aryl methyl sites for hydroxylation is 1. The van der Waals surface area contributed by atoms with Gasteiger partial charge in [-0.2, -0.15) is 10.4 Å². The second kappa shape index (κ2) is 10.1. The third kappa shape index (κ3) is 4.89. The predicted octanol–water partition coefficient (Wildman–Crippen LogP) is 3.17. The molecular formula is C26H32N4O5S. The highest BCUT2D eigenvalue weighted by molar-refractivity contribution is 7.94. The van der Waals surface area contributed by atoms with Crippen LogP contribution in [-0.2, 0) is 34.6 Å². The topological polar surface area (TPSA) is 122 Å². The van der Waals surface area contributed by atoms with E-state index in [0.717, 1.165) is 18.4 Å². The average molecular weight is 513 g/mol. The van der Waals surface area contributed by atoms with Crippen molar-refractivity contribution in [2.75, 3.05) is 13.1 Å². The van der Waals surface area contributed by atoms with Crippen molar-refractivity contribution in [2.24, 2.45) is 7.05 Å². The van der Waals surface area contributed by atoms with Gasteiger partial charge in [0, 0.05) is 25.7 Å². The summed E-state index contributed by atoms with van der Waals surface area (Å²) in [6.07, 6.45) is 4.30. The Balaban J connectivity index is 0.000000967. The summed E-state index contributed by atoms with van der Waals surface area (Å²) < 4.78 is 31.7. The third-order valence-corrected chi connectivity index (χ3v) is 9.86. The largest absolute Gasteiger partial charge is 0.456 e. The number of nitriles is 1. The van der Waals surface area contributed by atoms with E-state index in [2.05, 4.69) is 18.9 Å². The Labute approximate surface area is 212 Å². The molecule has 1 aromatic heterocycles. The van der Waals surface area contributed by atoms with E-state index in [1.165, 1.54) is 11.1 Å². The van der Waals surface area contributed by atoms with Crippen molar-refractivity contribution in [3.8, 4) is 6.07 Å². The van der Waals surface area contributed by atoms with Gasteiger partial charge < -0.3 is 9.64 Å². The lowest BCUT2D eigenvalue weighted by Crippen LogP contribution is -2.46. The number of ether oxygens (including phenoxy) is 1. The van der Waals surface area contributed by atoms with Crippen molar-refractivity contribution >= 4 is 21.7 Å². The molecule has 3 aliphatic rings. The summed E-state index contributed by atoms with van der Waals surface area (Å²) in [4.78, 5) is 27.5. The Hall–Kier alpha value is -3.19. The Morgan fingerprint density at radius 2 is 1.86 bits per heavy atom. The van der Waals surface area contributed by atoms with Gasteiger partial charge in [0.2, 0.25) is 0 Å². The molecule has 2 fully saturated rings. The first-order valence-electron chi connectivity index (χ1n) is 12.4. The molecule has 1 aromatic carbocycles. The monoisotopic (exact) mass is 512 g/mol. The molecule has 5 rings (SSSR count). The fourth-order valence-electron chi connectivity index (χ4n) is 4.53. The first kappa shape index (κ1) is 25.9. The van der Waals surface area contributed by atoms with Gasteiger partial charge in [-0.1, -0.05) is 32.4 Å². The molecule has 0 spiro atoms. The van der Waals surface area contributed by atoms with Crippen LogP contribution in [0.5, 0.6) is 0 Å². The van der Waals surface area contributed by atoms with Crippen molar-refractivity contribution < 1.29 is 22.7 Å². The maximum atomic E-state index is 13.2.